The molecule has 5 nitrogen and oxygen atoms in total. The van der Waals surface area contributed by atoms with Crippen LogP contribution in [-0.4, -0.2) is 14.7 Å². The lowest BCUT2D eigenvalue weighted by Gasteiger charge is -2.16. The van der Waals surface area contributed by atoms with Crippen molar-refractivity contribution in [2.45, 2.75) is 18.1 Å². The van der Waals surface area contributed by atoms with E-state index >= 15 is 0 Å². The Hall–Kier alpha value is -1.57. The summed E-state index contributed by atoms with van der Waals surface area (Å²) >= 11 is 3.34. The van der Waals surface area contributed by atoms with Gasteiger partial charge in [-0.25, -0.2) is 13.6 Å². The molecule has 0 saturated heterocycles. The van der Waals surface area contributed by atoms with Crippen LogP contribution in [0, 0.1) is 0 Å². The Balaban J connectivity index is 1.99. The minimum absolute atomic E-state index is 0.0383. The number of nitrogens with two attached hydrogens (primary N) is 1. The van der Waals surface area contributed by atoms with Crippen molar-refractivity contribution in [1.82, 2.24) is 0 Å². The fraction of sp³-hybridized carbons (Fsp3) is 0.143. The minimum atomic E-state index is -3.69. The number of hydrogen-bond donors (Lipinski definition) is 1. The highest BCUT2D eigenvalue weighted by Crippen LogP contribution is 2.20. The van der Waals surface area contributed by atoms with Gasteiger partial charge in [0.2, 0.25) is 16.3 Å². The Morgan fingerprint density at radius 1 is 0.952 bits per heavy atom. The van der Waals surface area contributed by atoms with Crippen molar-refractivity contribution in [3.63, 3.8) is 0 Å². The molecular formula is C14H14BrNO4S. The van der Waals surface area contributed by atoms with E-state index in [2.05, 4.69) is 15.9 Å². The van der Waals surface area contributed by atoms with Gasteiger partial charge in [-0.2, -0.15) is 0 Å². The average molecular weight is 372 g/mol. The molecule has 0 aliphatic rings. The smallest absolute Gasteiger partial charge is 0.238 e. The van der Waals surface area contributed by atoms with E-state index < -0.39 is 16.3 Å². The van der Waals surface area contributed by atoms with Crippen LogP contribution in [0.5, 0.6) is 11.5 Å². The topological polar surface area (TPSA) is 78.6 Å². The van der Waals surface area contributed by atoms with Gasteiger partial charge >= 0.3 is 0 Å². The van der Waals surface area contributed by atoms with Gasteiger partial charge in [-0.1, -0.05) is 15.9 Å². The van der Waals surface area contributed by atoms with E-state index in [4.69, 9.17) is 14.6 Å². The molecule has 0 spiro atoms. The Bertz CT molecular complexity index is 699. The van der Waals surface area contributed by atoms with E-state index in [9.17, 15) is 8.42 Å². The molecule has 0 aliphatic heterocycles. The highest BCUT2D eigenvalue weighted by atomic mass is 79.9. The molecule has 2 rings (SSSR count). The van der Waals surface area contributed by atoms with E-state index in [1.165, 1.54) is 24.3 Å². The molecule has 112 valence electrons. The molecule has 1 atom stereocenters. The lowest BCUT2D eigenvalue weighted by Crippen LogP contribution is -2.19. The van der Waals surface area contributed by atoms with Crippen molar-refractivity contribution in [2.24, 2.45) is 5.14 Å². The summed E-state index contributed by atoms with van der Waals surface area (Å²) < 4.78 is 34.4. The second-order valence-electron chi connectivity index (χ2n) is 4.27. The zero-order chi connectivity index (χ0) is 15.5. The quantitative estimate of drug-likeness (QED) is 0.819. The SMILES string of the molecule is CC(Oc1ccc(Br)cc1)Oc1ccc(S(N)(=O)=O)cc1. The van der Waals surface area contributed by atoms with E-state index in [1.54, 1.807) is 6.92 Å². The number of primary sulfonamides is 1. The summed E-state index contributed by atoms with van der Waals surface area (Å²) in [5.74, 6) is 1.17. The zero-order valence-electron chi connectivity index (χ0n) is 11.2. The van der Waals surface area contributed by atoms with E-state index in [0.717, 1.165) is 4.47 Å². The lowest BCUT2D eigenvalue weighted by molar-refractivity contribution is 0.0223. The van der Waals surface area contributed by atoms with Crippen molar-refractivity contribution < 1.29 is 17.9 Å². The number of rotatable bonds is 5. The first-order valence-corrected chi connectivity index (χ1v) is 8.40. The number of benzene rings is 2. The molecule has 0 saturated carbocycles. The third-order valence-corrected chi connectivity index (χ3v) is 4.03. The maximum Gasteiger partial charge on any atom is 0.238 e. The van der Waals surface area contributed by atoms with Crippen LogP contribution in [0.2, 0.25) is 0 Å². The first kappa shape index (κ1) is 15.8. The van der Waals surface area contributed by atoms with Crippen LogP contribution in [0.3, 0.4) is 0 Å². The highest BCUT2D eigenvalue weighted by molar-refractivity contribution is 9.10. The molecule has 0 fully saturated rings. The van der Waals surface area contributed by atoms with Gasteiger partial charge in [-0.05, 0) is 48.5 Å². The third kappa shape index (κ3) is 4.73. The van der Waals surface area contributed by atoms with Crippen molar-refractivity contribution >= 4 is 26.0 Å². The van der Waals surface area contributed by atoms with Crippen LogP contribution in [0.25, 0.3) is 0 Å². The Morgan fingerprint density at radius 2 is 1.38 bits per heavy atom. The maximum atomic E-state index is 11.1. The summed E-state index contributed by atoms with van der Waals surface area (Å²) in [6.07, 6.45) is -0.522. The largest absolute Gasteiger partial charge is 0.455 e. The molecule has 7 heteroatoms. The van der Waals surface area contributed by atoms with Crippen LogP contribution in [0.4, 0.5) is 0 Å². The lowest BCUT2D eigenvalue weighted by atomic mass is 10.3. The van der Waals surface area contributed by atoms with Gasteiger partial charge in [0.1, 0.15) is 11.5 Å². The minimum Gasteiger partial charge on any atom is -0.455 e. The molecule has 0 heterocycles. The predicted molar refractivity (Wildman–Crippen MR) is 82.7 cm³/mol. The number of halogens is 1. The first-order chi connectivity index (χ1) is 9.84. The average Bonchev–Trinajstić information content (AvgIpc) is 2.41. The molecule has 2 aromatic rings. The maximum absolute atomic E-state index is 11.1. The van der Waals surface area contributed by atoms with E-state index in [1.807, 2.05) is 24.3 Å². The molecule has 2 aromatic carbocycles. The van der Waals surface area contributed by atoms with E-state index in [-0.39, 0.29) is 4.90 Å². The van der Waals surface area contributed by atoms with Crippen LogP contribution >= 0.6 is 15.9 Å². The molecule has 0 radical (unpaired) electrons. The Labute approximate surface area is 131 Å². The third-order valence-electron chi connectivity index (χ3n) is 2.57. The highest BCUT2D eigenvalue weighted by Gasteiger charge is 2.09. The van der Waals surface area contributed by atoms with Crippen molar-refractivity contribution in [1.29, 1.82) is 0 Å². The molecule has 0 aliphatic carbocycles. The van der Waals surface area contributed by atoms with Gasteiger partial charge in [0, 0.05) is 11.4 Å². The van der Waals surface area contributed by atoms with Gasteiger partial charge in [0.25, 0.3) is 0 Å². The van der Waals surface area contributed by atoms with Crippen molar-refractivity contribution in [3.8, 4) is 11.5 Å². The normalized spacial score (nSPS) is 12.7. The fourth-order valence-electron chi connectivity index (χ4n) is 1.63. The number of hydrogen-bond acceptors (Lipinski definition) is 4. The summed E-state index contributed by atoms with van der Waals surface area (Å²) in [4.78, 5) is 0.0383. The van der Waals surface area contributed by atoms with Crippen LogP contribution < -0.4 is 14.6 Å². The summed E-state index contributed by atoms with van der Waals surface area (Å²) in [7, 11) is -3.69. The van der Waals surface area contributed by atoms with Gasteiger partial charge in [-0.15, -0.1) is 0 Å². The molecule has 0 bridgehead atoms. The van der Waals surface area contributed by atoms with Crippen LogP contribution in [0.15, 0.2) is 57.9 Å². The first-order valence-electron chi connectivity index (χ1n) is 6.06. The second-order valence-corrected chi connectivity index (χ2v) is 6.75. The summed E-state index contributed by atoms with van der Waals surface area (Å²) in [5.41, 5.74) is 0. The summed E-state index contributed by atoms with van der Waals surface area (Å²) in [6.45, 7) is 1.75. The molecule has 2 N–H and O–H groups in total. The number of ether oxygens (including phenoxy) is 2. The fourth-order valence-corrected chi connectivity index (χ4v) is 2.41. The predicted octanol–water partition coefficient (Wildman–Crippen LogP) is 2.90. The van der Waals surface area contributed by atoms with Gasteiger partial charge in [0.15, 0.2) is 0 Å². The molecular weight excluding hydrogens is 358 g/mol. The zero-order valence-corrected chi connectivity index (χ0v) is 13.6. The second kappa shape index (κ2) is 6.46. The molecule has 0 aromatic heterocycles. The Kier molecular flexibility index (Phi) is 4.87. The molecule has 1 unspecified atom stereocenters. The van der Waals surface area contributed by atoms with E-state index in [0.29, 0.717) is 11.5 Å². The van der Waals surface area contributed by atoms with Gasteiger partial charge in [-0.3, -0.25) is 0 Å². The van der Waals surface area contributed by atoms with Crippen LogP contribution in [0.1, 0.15) is 6.92 Å². The summed E-state index contributed by atoms with van der Waals surface area (Å²) in [5, 5.41) is 5.03. The van der Waals surface area contributed by atoms with Crippen LogP contribution in [-0.2, 0) is 10.0 Å². The van der Waals surface area contributed by atoms with Crippen molar-refractivity contribution in [3.05, 3.63) is 53.0 Å². The molecule has 21 heavy (non-hydrogen) atoms. The molecule has 0 amide bonds. The van der Waals surface area contributed by atoms with Gasteiger partial charge in [0.05, 0.1) is 4.90 Å². The number of sulfonamides is 1. The summed E-state index contributed by atoms with van der Waals surface area (Å²) in [6, 6.07) is 13.2. The van der Waals surface area contributed by atoms with Crippen molar-refractivity contribution in [2.75, 3.05) is 0 Å². The Morgan fingerprint density at radius 3 is 1.81 bits per heavy atom. The monoisotopic (exact) mass is 371 g/mol. The standard InChI is InChI=1S/C14H14BrNO4S/c1-10(19-12-4-2-11(15)3-5-12)20-13-6-8-14(9-7-13)21(16,17)18/h2-10H,1H3,(H2,16,17,18). The van der Waals surface area contributed by atoms with Gasteiger partial charge < -0.3 is 9.47 Å².